The van der Waals surface area contributed by atoms with Gasteiger partial charge in [-0.15, -0.1) is 12.4 Å². The summed E-state index contributed by atoms with van der Waals surface area (Å²) in [7, 11) is 7.47. The van der Waals surface area contributed by atoms with Crippen LogP contribution in [0.15, 0.2) is 102 Å². The standard InChI is InChI=1S/C48H72O14.C19H23ClN2.ClH/c1-11-25(2)43-28(5)17-18-47(62-43)23-34-20-33(61-47)16-15-27(4)42(26(3)13-12-14-32-24-55-45-40(49)29(6)19-35(46(51)58-34)48(32,45)52)59-39-22-37(54-10)44(31(8)57-39)60-38-21-36(53-9)41(50)30(7)56-38;1-21(2)12-5-13-22-18-7-4-3-6-15(18)8-9-16-10-11-17(20)14-19(16)22;/h12-15,17-19,25-26,28,30-31,33-45,49-50,52H,11,16,20-24H2,1-10H3;3-4,6-7,10-11,14H,5,8-9,12-13H2,1-2H3;1H. The fourth-order valence-corrected chi connectivity index (χ4v) is 13.9. The Morgan fingerprint density at radius 1 is 0.859 bits per heavy atom. The van der Waals surface area contributed by atoms with E-state index in [4.69, 9.17) is 59.0 Å². The van der Waals surface area contributed by atoms with Crippen LogP contribution >= 0.6 is 24.0 Å². The Kier molecular flexibility index (Phi) is 23.3. The molecule has 85 heavy (non-hydrogen) atoms. The number of para-hydroxylation sites is 1. The van der Waals surface area contributed by atoms with Gasteiger partial charge in [0.1, 0.15) is 42.0 Å². The predicted molar refractivity (Wildman–Crippen MR) is 330 cm³/mol. The summed E-state index contributed by atoms with van der Waals surface area (Å²) in [6.07, 6.45) is 11.8. The molecular weight excluding hydrogens is 1130 g/mol. The molecule has 10 rings (SSSR count). The number of aliphatic hydroxyl groups excluding tert-OH is 2. The van der Waals surface area contributed by atoms with Crippen molar-refractivity contribution in [2.75, 3.05) is 52.9 Å². The van der Waals surface area contributed by atoms with Crippen molar-refractivity contribution in [2.24, 2.45) is 23.7 Å². The molecule has 2 aromatic carbocycles. The van der Waals surface area contributed by atoms with E-state index in [1.165, 1.54) is 22.5 Å². The van der Waals surface area contributed by atoms with Gasteiger partial charge >= 0.3 is 5.97 Å². The van der Waals surface area contributed by atoms with E-state index in [0.29, 0.717) is 43.3 Å². The molecule has 7 heterocycles. The second kappa shape index (κ2) is 29.4. The van der Waals surface area contributed by atoms with Gasteiger partial charge in [0.2, 0.25) is 0 Å². The van der Waals surface area contributed by atoms with E-state index in [9.17, 15) is 20.1 Å². The summed E-state index contributed by atoms with van der Waals surface area (Å²) < 4.78 is 63.7. The molecule has 0 aromatic heterocycles. The number of ether oxygens (including phenoxy) is 10. The van der Waals surface area contributed by atoms with Crippen LogP contribution in [0.1, 0.15) is 111 Å². The number of esters is 1. The second-order valence-electron chi connectivity index (χ2n) is 25.2. The third kappa shape index (κ3) is 15.2. The topological polar surface area (TPSA) is 177 Å². The zero-order valence-corrected chi connectivity index (χ0v) is 53.5. The van der Waals surface area contributed by atoms with Gasteiger partial charge in [0.25, 0.3) is 0 Å². The summed E-state index contributed by atoms with van der Waals surface area (Å²) in [6, 6.07) is 15.1. The molecule has 7 aliphatic heterocycles. The van der Waals surface area contributed by atoms with Gasteiger partial charge in [-0.05, 0) is 132 Å². The van der Waals surface area contributed by atoms with Crippen molar-refractivity contribution >= 4 is 41.4 Å². The quantitative estimate of drug-likeness (QED) is 0.135. The van der Waals surface area contributed by atoms with Gasteiger partial charge in [-0.25, -0.2) is 0 Å². The minimum Gasteiger partial charge on any atom is -0.462 e. The number of carbonyl (C=O) groups is 1. The molecule has 18 heteroatoms. The fraction of sp³-hybridized carbons (Fsp3) is 0.657. The molecule has 0 radical (unpaired) electrons. The monoisotopic (exact) mass is 1220 g/mol. The largest absolute Gasteiger partial charge is 0.462 e. The van der Waals surface area contributed by atoms with E-state index >= 15 is 0 Å². The lowest BCUT2D eigenvalue weighted by Gasteiger charge is -2.48. The van der Waals surface area contributed by atoms with Crippen molar-refractivity contribution in [2.45, 2.75) is 210 Å². The summed E-state index contributed by atoms with van der Waals surface area (Å²) in [5, 5.41) is 35.0. The fourth-order valence-electron chi connectivity index (χ4n) is 13.7. The number of nitrogens with zero attached hydrogens (tertiary/aromatic N) is 2. The van der Waals surface area contributed by atoms with E-state index in [1.54, 1.807) is 40.2 Å². The zero-order chi connectivity index (χ0) is 60.2. The van der Waals surface area contributed by atoms with Crippen molar-refractivity contribution < 1.29 is 67.5 Å². The molecule has 3 N–H and O–H groups in total. The molecule has 4 fully saturated rings. The van der Waals surface area contributed by atoms with Gasteiger partial charge in [-0.2, -0.15) is 0 Å². The molecular formula is C67H96Cl2N2O14. The van der Waals surface area contributed by atoms with Gasteiger partial charge in [-0.3, -0.25) is 4.79 Å². The summed E-state index contributed by atoms with van der Waals surface area (Å²) >= 11 is 6.27. The maximum Gasteiger partial charge on any atom is 0.316 e. The third-order valence-electron chi connectivity index (χ3n) is 18.8. The van der Waals surface area contributed by atoms with Crippen molar-refractivity contribution in [1.82, 2.24) is 4.90 Å². The first-order valence-electron chi connectivity index (χ1n) is 30.8. The SMILES string of the molecule is CCC(C)C1OC2(C=CC1C)CC1CC(CC=C(C)C(OC3CC(OC)C(OC4CC(OC)C(O)C(C)O4)C(C)O3)C(C)C=CC=C3COC4C(O)C(C)=CC(C(=O)O1)C34O)O2.CN(C)CCCN1c2ccccc2CCc2ccc(Cl)cc21.Cl. The van der Waals surface area contributed by atoms with Crippen LogP contribution in [0.4, 0.5) is 11.4 Å². The van der Waals surface area contributed by atoms with E-state index in [2.05, 4.69) is 100 Å². The number of hydrogen-bond donors (Lipinski definition) is 3. The highest BCUT2D eigenvalue weighted by atomic mass is 35.5. The molecule has 0 saturated carbocycles. The van der Waals surface area contributed by atoms with Crippen molar-refractivity contribution in [3.05, 3.63) is 118 Å². The Morgan fingerprint density at radius 3 is 2.29 bits per heavy atom. The normalized spacial score (nSPS) is 37.8. The zero-order valence-electron chi connectivity index (χ0n) is 52.0. The summed E-state index contributed by atoms with van der Waals surface area (Å²) in [4.78, 5) is 19.0. The van der Waals surface area contributed by atoms with E-state index in [1.807, 2.05) is 38.1 Å². The minimum atomic E-state index is -1.84. The average molecular weight is 1220 g/mol. The number of anilines is 2. The lowest BCUT2D eigenvalue weighted by atomic mass is 9.71. The molecule has 4 saturated heterocycles. The van der Waals surface area contributed by atoms with Gasteiger partial charge in [0, 0.05) is 74.7 Å². The van der Waals surface area contributed by atoms with Crippen LogP contribution in [-0.2, 0) is 65.0 Å². The van der Waals surface area contributed by atoms with Crippen molar-refractivity contribution in [3.8, 4) is 0 Å². The number of methoxy groups -OCH3 is 2. The van der Waals surface area contributed by atoms with Crippen LogP contribution in [0.5, 0.6) is 0 Å². The number of carbonyl (C=O) groups excluding carboxylic acids is 1. The Labute approximate surface area is 516 Å². The molecule has 2 bridgehead atoms. The lowest BCUT2D eigenvalue weighted by molar-refractivity contribution is -0.318. The maximum absolute atomic E-state index is 14.3. The Bertz CT molecular complexity index is 2720. The number of rotatable bonds is 12. The minimum absolute atomic E-state index is 0. The number of aliphatic hydroxyl groups is 3. The summed E-state index contributed by atoms with van der Waals surface area (Å²) in [6.45, 7) is 18.2. The highest BCUT2D eigenvalue weighted by molar-refractivity contribution is 6.30. The Morgan fingerprint density at radius 2 is 1.56 bits per heavy atom. The molecule has 2 aromatic rings. The van der Waals surface area contributed by atoms with Crippen LogP contribution in [0.25, 0.3) is 0 Å². The summed E-state index contributed by atoms with van der Waals surface area (Å²) in [5.74, 6) is -2.56. The molecule has 20 atom stereocenters. The van der Waals surface area contributed by atoms with Crippen molar-refractivity contribution in [3.63, 3.8) is 0 Å². The van der Waals surface area contributed by atoms with Gasteiger partial charge in [0.05, 0.1) is 49.3 Å². The number of halogens is 2. The van der Waals surface area contributed by atoms with E-state index in [0.717, 1.165) is 49.4 Å². The molecule has 8 aliphatic rings. The number of aryl methyl sites for hydroxylation is 2. The van der Waals surface area contributed by atoms with Gasteiger partial charge < -0.3 is 72.5 Å². The van der Waals surface area contributed by atoms with Gasteiger partial charge in [0.15, 0.2) is 18.4 Å². The lowest BCUT2D eigenvalue weighted by Crippen LogP contribution is -2.58. The Hall–Kier alpha value is -3.53. The van der Waals surface area contributed by atoms with E-state index in [-0.39, 0.29) is 55.1 Å². The molecule has 0 amide bonds. The maximum atomic E-state index is 14.3. The van der Waals surface area contributed by atoms with E-state index < -0.39 is 90.8 Å². The van der Waals surface area contributed by atoms with Crippen LogP contribution in [0.2, 0.25) is 5.02 Å². The number of allylic oxidation sites excluding steroid dienone is 2. The number of hydrogen-bond acceptors (Lipinski definition) is 16. The highest BCUT2D eigenvalue weighted by Gasteiger charge is 2.60. The molecule has 20 unspecified atom stereocenters. The molecule has 16 nitrogen and oxygen atoms in total. The van der Waals surface area contributed by atoms with Crippen LogP contribution in [-0.4, -0.2) is 171 Å². The number of fused-ring (bicyclic) bond motifs is 4. The first-order chi connectivity index (χ1) is 40.1. The number of benzene rings is 2. The highest BCUT2D eigenvalue weighted by Crippen LogP contribution is 2.48. The predicted octanol–water partition coefficient (Wildman–Crippen LogP) is 10.3. The van der Waals surface area contributed by atoms with Gasteiger partial charge in [-0.1, -0.05) is 106 Å². The van der Waals surface area contributed by atoms with Crippen LogP contribution in [0, 0.1) is 23.7 Å². The Balaban J connectivity index is 0.000000341. The molecule has 472 valence electrons. The smallest absolute Gasteiger partial charge is 0.316 e. The average Bonchev–Trinajstić information content (AvgIpc) is 2.14. The third-order valence-corrected chi connectivity index (χ3v) is 19.0. The van der Waals surface area contributed by atoms with Crippen LogP contribution < -0.4 is 4.90 Å². The van der Waals surface area contributed by atoms with Crippen LogP contribution in [0.3, 0.4) is 0 Å². The molecule has 1 spiro atoms. The first-order valence-corrected chi connectivity index (χ1v) is 31.2. The summed E-state index contributed by atoms with van der Waals surface area (Å²) in [5.41, 5.74) is 5.57. The second-order valence-corrected chi connectivity index (χ2v) is 25.6. The van der Waals surface area contributed by atoms with Crippen molar-refractivity contribution in [1.29, 1.82) is 0 Å². The molecule has 1 aliphatic carbocycles. The first kappa shape index (κ1) is 67.4.